The molecular weight excluding hydrogens is 274 g/mol. The number of nitrogens with one attached hydrogen (secondary N) is 1. The van der Waals surface area contributed by atoms with Gasteiger partial charge < -0.3 is 5.32 Å². The van der Waals surface area contributed by atoms with Crippen LogP contribution in [0.3, 0.4) is 0 Å². The summed E-state index contributed by atoms with van der Waals surface area (Å²) in [6, 6.07) is 20.2. The minimum absolute atomic E-state index is 0.472. The fourth-order valence-corrected chi connectivity index (χ4v) is 4.35. The van der Waals surface area contributed by atoms with Crippen molar-refractivity contribution in [2.24, 2.45) is 0 Å². The predicted molar refractivity (Wildman–Crippen MR) is 91.9 cm³/mol. The maximum atomic E-state index is 3.78. The lowest BCUT2D eigenvalue weighted by atomic mass is 9.87. The normalized spacial score (nSPS) is 21.0. The molecule has 2 heteroatoms. The van der Waals surface area contributed by atoms with Crippen molar-refractivity contribution in [1.82, 2.24) is 5.32 Å². The van der Waals surface area contributed by atoms with E-state index in [1.165, 1.54) is 35.3 Å². The standard InChI is InChI=1S/C19H23NS/c1-2-14-20-19-17-11-7-6-8-15(17)12-13-18(19)21-16-9-4-3-5-10-16/h3-11,18-20H,2,12-14H2,1H3. The van der Waals surface area contributed by atoms with Crippen LogP contribution in [0.15, 0.2) is 59.5 Å². The molecule has 1 nitrogen and oxygen atoms in total. The quantitative estimate of drug-likeness (QED) is 0.848. The first-order valence-corrected chi connectivity index (χ1v) is 8.79. The van der Waals surface area contributed by atoms with E-state index < -0.39 is 0 Å². The molecular formula is C19H23NS. The predicted octanol–water partition coefficient (Wildman–Crippen LogP) is 4.83. The molecule has 0 spiro atoms. The molecule has 2 aromatic rings. The molecule has 3 rings (SSSR count). The van der Waals surface area contributed by atoms with E-state index in [-0.39, 0.29) is 0 Å². The molecule has 0 amide bonds. The van der Waals surface area contributed by atoms with Crippen molar-refractivity contribution in [2.75, 3.05) is 6.54 Å². The van der Waals surface area contributed by atoms with Gasteiger partial charge in [-0.05, 0) is 49.1 Å². The average molecular weight is 297 g/mol. The van der Waals surface area contributed by atoms with E-state index in [4.69, 9.17) is 0 Å². The van der Waals surface area contributed by atoms with Crippen LogP contribution in [0.5, 0.6) is 0 Å². The number of hydrogen-bond donors (Lipinski definition) is 1. The Labute approximate surface area is 132 Å². The third kappa shape index (κ3) is 3.50. The van der Waals surface area contributed by atoms with Gasteiger partial charge in [-0.15, -0.1) is 11.8 Å². The SMILES string of the molecule is CCCNC1c2ccccc2CCC1Sc1ccccc1. The van der Waals surface area contributed by atoms with Gasteiger partial charge in [-0.25, -0.2) is 0 Å². The van der Waals surface area contributed by atoms with Crippen LogP contribution in [0.4, 0.5) is 0 Å². The first-order chi connectivity index (χ1) is 10.4. The Hall–Kier alpha value is -1.25. The molecule has 1 aliphatic rings. The summed E-state index contributed by atoms with van der Waals surface area (Å²) in [6.07, 6.45) is 3.63. The van der Waals surface area contributed by atoms with Gasteiger partial charge in [-0.3, -0.25) is 0 Å². The lowest BCUT2D eigenvalue weighted by Gasteiger charge is -2.34. The Kier molecular flexibility index (Phi) is 5.00. The van der Waals surface area contributed by atoms with Crippen molar-refractivity contribution in [1.29, 1.82) is 0 Å². The summed E-state index contributed by atoms with van der Waals surface area (Å²) in [4.78, 5) is 1.38. The Morgan fingerprint density at radius 2 is 1.81 bits per heavy atom. The van der Waals surface area contributed by atoms with Crippen molar-refractivity contribution >= 4 is 11.8 Å². The van der Waals surface area contributed by atoms with Gasteiger partial charge in [0, 0.05) is 16.2 Å². The molecule has 0 saturated carbocycles. The highest BCUT2D eigenvalue weighted by Gasteiger charge is 2.29. The molecule has 1 N–H and O–H groups in total. The van der Waals surface area contributed by atoms with Gasteiger partial charge in [-0.2, -0.15) is 0 Å². The van der Waals surface area contributed by atoms with Gasteiger partial charge in [0.2, 0.25) is 0 Å². The van der Waals surface area contributed by atoms with E-state index in [0.29, 0.717) is 11.3 Å². The highest BCUT2D eigenvalue weighted by atomic mass is 32.2. The summed E-state index contributed by atoms with van der Waals surface area (Å²) >= 11 is 2.02. The Balaban J connectivity index is 1.82. The number of hydrogen-bond acceptors (Lipinski definition) is 2. The molecule has 21 heavy (non-hydrogen) atoms. The minimum atomic E-state index is 0.472. The minimum Gasteiger partial charge on any atom is -0.309 e. The van der Waals surface area contributed by atoms with Crippen molar-refractivity contribution in [3.05, 3.63) is 65.7 Å². The van der Waals surface area contributed by atoms with E-state index in [0.717, 1.165) is 6.54 Å². The monoisotopic (exact) mass is 297 g/mol. The molecule has 0 saturated heterocycles. The number of rotatable bonds is 5. The largest absolute Gasteiger partial charge is 0.309 e. The second-order valence-corrected chi connectivity index (χ2v) is 6.95. The van der Waals surface area contributed by atoms with Crippen LogP contribution in [0.25, 0.3) is 0 Å². The topological polar surface area (TPSA) is 12.0 Å². The first kappa shape index (κ1) is 14.7. The second-order valence-electron chi connectivity index (χ2n) is 5.64. The summed E-state index contributed by atoms with van der Waals surface area (Å²) in [5, 5.41) is 4.40. The van der Waals surface area contributed by atoms with Gasteiger partial charge in [0.25, 0.3) is 0 Å². The molecule has 0 aliphatic heterocycles. The van der Waals surface area contributed by atoms with Crippen molar-refractivity contribution < 1.29 is 0 Å². The number of aryl methyl sites for hydroxylation is 1. The maximum absolute atomic E-state index is 3.78. The Bertz CT molecular complexity index is 567. The molecule has 0 aromatic heterocycles. The van der Waals surface area contributed by atoms with Crippen molar-refractivity contribution in [3.63, 3.8) is 0 Å². The molecule has 0 heterocycles. The molecule has 2 aromatic carbocycles. The zero-order chi connectivity index (χ0) is 14.5. The highest BCUT2D eigenvalue weighted by Crippen LogP contribution is 2.39. The molecule has 0 radical (unpaired) electrons. The number of benzene rings is 2. The zero-order valence-electron chi connectivity index (χ0n) is 12.6. The summed E-state index contributed by atoms with van der Waals surface area (Å²) in [7, 11) is 0. The van der Waals surface area contributed by atoms with Crippen molar-refractivity contribution in [2.45, 2.75) is 42.4 Å². The average Bonchev–Trinajstić information content (AvgIpc) is 2.55. The van der Waals surface area contributed by atoms with E-state index in [1.54, 1.807) is 0 Å². The number of fused-ring (bicyclic) bond motifs is 1. The highest BCUT2D eigenvalue weighted by molar-refractivity contribution is 8.00. The van der Waals surface area contributed by atoms with Gasteiger partial charge in [0.15, 0.2) is 0 Å². The summed E-state index contributed by atoms with van der Waals surface area (Å²) in [5.74, 6) is 0. The van der Waals surface area contributed by atoms with Crippen LogP contribution < -0.4 is 5.32 Å². The van der Waals surface area contributed by atoms with Crippen LogP contribution in [0.1, 0.15) is 36.9 Å². The maximum Gasteiger partial charge on any atom is 0.0447 e. The lowest BCUT2D eigenvalue weighted by Crippen LogP contribution is -2.34. The molecule has 2 atom stereocenters. The van der Waals surface area contributed by atoms with Gasteiger partial charge in [0.05, 0.1) is 0 Å². The van der Waals surface area contributed by atoms with Gasteiger partial charge in [0.1, 0.15) is 0 Å². The van der Waals surface area contributed by atoms with Crippen LogP contribution in [-0.2, 0) is 6.42 Å². The smallest absolute Gasteiger partial charge is 0.0447 e. The molecule has 110 valence electrons. The van der Waals surface area contributed by atoms with E-state index in [1.807, 2.05) is 11.8 Å². The van der Waals surface area contributed by atoms with Crippen LogP contribution in [0, 0.1) is 0 Å². The number of thioether (sulfide) groups is 1. The summed E-state index contributed by atoms with van der Waals surface area (Å²) in [5.41, 5.74) is 3.03. The third-order valence-electron chi connectivity index (χ3n) is 4.11. The van der Waals surface area contributed by atoms with Crippen molar-refractivity contribution in [3.8, 4) is 0 Å². The summed E-state index contributed by atoms with van der Waals surface area (Å²) < 4.78 is 0. The van der Waals surface area contributed by atoms with Crippen LogP contribution in [0.2, 0.25) is 0 Å². The Morgan fingerprint density at radius 3 is 2.62 bits per heavy atom. The fraction of sp³-hybridized carbons (Fsp3) is 0.368. The summed E-state index contributed by atoms with van der Waals surface area (Å²) in [6.45, 7) is 3.33. The first-order valence-electron chi connectivity index (χ1n) is 7.91. The second kappa shape index (κ2) is 7.15. The fourth-order valence-electron chi connectivity index (χ4n) is 3.07. The van der Waals surface area contributed by atoms with Crippen LogP contribution in [-0.4, -0.2) is 11.8 Å². The molecule has 0 bridgehead atoms. The van der Waals surface area contributed by atoms with E-state index in [2.05, 4.69) is 66.8 Å². The molecule has 1 aliphatic carbocycles. The van der Waals surface area contributed by atoms with Gasteiger partial charge >= 0.3 is 0 Å². The third-order valence-corrected chi connectivity index (χ3v) is 5.46. The van der Waals surface area contributed by atoms with Crippen LogP contribution >= 0.6 is 11.8 Å². The van der Waals surface area contributed by atoms with E-state index in [9.17, 15) is 0 Å². The molecule has 2 unspecified atom stereocenters. The Morgan fingerprint density at radius 1 is 1.05 bits per heavy atom. The lowest BCUT2D eigenvalue weighted by molar-refractivity contribution is 0.472. The molecule has 0 fully saturated rings. The van der Waals surface area contributed by atoms with Gasteiger partial charge in [-0.1, -0.05) is 49.4 Å². The zero-order valence-corrected chi connectivity index (χ0v) is 13.4. The van der Waals surface area contributed by atoms with E-state index >= 15 is 0 Å².